The number of hydrogen-bond donors (Lipinski definition) is 5. The summed E-state index contributed by atoms with van der Waals surface area (Å²) in [6.45, 7) is -1.77. The van der Waals surface area contributed by atoms with Crippen molar-refractivity contribution in [1.82, 2.24) is 5.32 Å². The molecule has 88 valence electrons. The van der Waals surface area contributed by atoms with Crippen molar-refractivity contribution in [2.45, 2.75) is 5.54 Å². The summed E-state index contributed by atoms with van der Waals surface area (Å²) in [6, 6.07) is 0. The van der Waals surface area contributed by atoms with Gasteiger partial charge in [-0.15, -0.1) is 0 Å². The van der Waals surface area contributed by atoms with E-state index in [1.807, 2.05) is 0 Å². The monoisotopic (exact) mass is 253 g/mol. The fraction of sp³-hybridized carbons (Fsp3) is 1.00. The molecule has 0 radical (unpaired) electrons. The molecule has 0 saturated heterocycles. The summed E-state index contributed by atoms with van der Waals surface area (Å²) in [5, 5.41) is 28.9. The van der Waals surface area contributed by atoms with Crippen LogP contribution in [0.25, 0.3) is 0 Å². The van der Waals surface area contributed by atoms with Crippen LogP contribution in [0.15, 0.2) is 0 Å². The Hall–Kier alpha value is 0.750. The third kappa shape index (κ3) is 7.61. The molecule has 9 heteroatoms. The summed E-state index contributed by atoms with van der Waals surface area (Å²) < 4.78 is 29.0. The Kier molecular flexibility index (Phi) is 9.58. The molecule has 0 saturated carbocycles. The van der Waals surface area contributed by atoms with Gasteiger partial charge in [0, 0.05) is 6.54 Å². The predicted octanol–water partition coefficient (Wildman–Crippen LogP) is -5.70. The third-order valence-corrected chi connectivity index (χ3v) is 2.49. The third-order valence-electron chi connectivity index (χ3n) is 1.77. The van der Waals surface area contributed by atoms with E-state index in [1.165, 1.54) is 0 Å². The fourth-order valence-electron chi connectivity index (χ4n) is 0.763. The molecule has 0 rings (SSSR count). The van der Waals surface area contributed by atoms with Crippen molar-refractivity contribution in [3.8, 4) is 0 Å². The van der Waals surface area contributed by atoms with Gasteiger partial charge < -0.3 is 22.1 Å². The summed E-state index contributed by atoms with van der Waals surface area (Å²) >= 11 is 0. The van der Waals surface area contributed by atoms with Crippen LogP contribution in [0.5, 0.6) is 0 Å². The molecule has 5 N–H and O–H groups in total. The first kappa shape index (κ1) is 18.1. The summed E-state index contributed by atoms with van der Waals surface area (Å²) in [5.74, 6) is -0.547. The Morgan fingerprint density at radius 1 is 1.13 bits per heavy atom. The zero-order valence-electron chi connectivity index (χ0n) is 9.55. The van der Waals surface area contributed by atoms with Crippen LogP contribution in [0.1, 0.15) is 1.43 Å². The van der Waals surface area contributed by atoms with E-state index >= 15 is 0 Å². The number of aliphatic hydroxyl groups is 3. The summed E-state index contributed by atoms with van der Waals surface area (Å²) in [5.41, 5.74) is -1.31. The Morgan fingerprint density at radius 3 is 1.80 bits per heavy atom. The molecule has 0 aromatic rings. The quantitative estimate of drug-likeness (QED) is 0.226. The second-order valence-corrected chi connectivity index (χ2v) is 4.54. The van der Waals surface area contributed by atoms with Crippen LogP contribution < -0.4 is 34.9 Å². The Labute approximate surface area is 112 Å². The minimum Gasteiger partial charge on any atom is -1.00 e. The second kappa shape index (κ2) is 7.93. The number of rotatable bonds is 7. The van der Waals surface area contributed by atoms with E-state index in [-0.39, 0.29) is 37.5 Å². The fourth-order valence-corrected chi connectivity index (χ4v) is 1.12. The smallest absolute Gasteiger partial charge is 1.00 e. The van der Waals surface area contributed by atoms with E-state index in [4.69, 9.17) is 19.9 Å². The van der Waals surface area contributed by atoms with Crippen molar-refractivity contribution in [3.63, 3.8) is 0 Å². The molecule has 0 fully saturated rings. The summed E-state index contributed by atoms with van der Waals surface area (Å²) in [4.78, 5) is 0. The maximum absolute atomic E-state index is 10.3. The predicted molar refractivity (Wildman–Crippen MR) is 49.5 cm³/mol. The average molecular weight is 253 g/mol. The van der Waals surface area contributed by atoms with Crippen molar-refractivity contribution in [2.24, 2.45) is 0 Å². The van der Waals surface area contributed by atoms with Crippen molar-refractivity contribution in [2.75, 3.05) is 32.1 Å². The average Bonchev–Trinajstić information content (AvgIpc) is 2.11. The van der Waals surface area contributed by atoms with E-state index in [0.29, 0.717) is 0 Å². The van der Waals surface area contributed by atoms with Crippen molar-refractivity contribution in [1.29, 1.82) is 0 Å². The number of aliphatic hydroxyl groups excluding tert-OH is 3. The molecule has 15 heavy (non-hydrogen) atoms. The van der Waals surface area contributed by atoms with Gasteiger partial charge in [-0.2, -0.15) is 8.42 Å². The van der Waals surface area contributed by atoms with Crippen LogP contribution >= 0.6 is 0 Å². The Morgan fingerprint density at radius 2 is 1.53 bits per heavy atom. The van der Waals surface area contributed by atoms with Crippen LogP contribution in [-0.2, 0) is 10.1 Å². The van der Waals surface area contributed by atoms with Crippen molar-refractivity contribution >= 4 is 10.1 Å². The molecule has 0 spiro atoms. The molecule has 0 aromatic heterocycles. The van der Waals surface area contributed by atoms with Crippen molar-refractivity contribution < 1.29 is 59.3 Å². The topological polar surface area (TPSA) is 127 Å². The molecule has 7 nitrogen and oxygen atoms in total. The molecule has 0 aliphatic carbocycles. The summed E-state index contributed by atoms with van der Waals surface area (Å²) in [7, 11) is -4.08. The Bertz CT molecular complexity index is 249. The van der Waals surface area contributed by atoms with Crippen LogP contribution in [0.2, 0.25) is 0 Å². The van der Waals surface area contributed by atoms with Crippen molar-refractivity contribution in [3.05, 3.63) is 0 Å². The van der Waals surface area contributed by atoms with E-state index in [0.717, 1.165) is 0 Å². The maximum atomic E-state index is 10.3. The number of hydrogen-bond acceptors (Lipinski definition) is 6. The van der Waals surface area contributed by atoms with Crippen LogP contribution in [-0.4, -0.2) is 65.9 Å². The van der Waals surface area contributed by atoms with Crippen LogP contribution in [0.4, 0.5) is 0 Å². The summed E-state index contributed by atoms with van der Waals surface area (Å²) in [6.07, 6.45) is 0. The van der Waals surface area contributed by atoms with E-state index in [1.54, 1.807) is 0 Å². The molecule has 0 atom stereocenters. The van der Waals surface area contributed by atoms with Gasteiger partial charge in [-0.25, -0.2) is 0 Å². The molecule has 0 amide bonds. The van der Waals surface area contributed by atoms with Gasteiger partial charge in [0.05, 0.1) is 31.1 Å². The first-order valence-electron chi connectivity index (χ1n) is 3.92. The van der Waals surface area contributed by atoms with E-state index in [9.17, 15) is 8.42 Å². The van der Waals surface area contributed by atoms with E-state index < -0.39 is 41.2 Å². The molecule has 0 aromatic carbocycles. The molecular weight excluding hydrogens is 237 g/mol. The molecule has 0 unspecified atom stereocenters. The zero-order valence-corrected chi connectivity index (χ0v) is 11.4. The molecule has 0 aliphatic rings. The van der Waals surface area contributed by atoms with Gasteiger partial charge >= 0.3 is 29.6 Å². The molecule has 0 heterocycles. The van der Waals surface area contributed by atoms with Gasteiger partial charge in [-0.1, -0.05) is 0 Å². The minimum atomic E-state index is -4.08. The van der Waals surface area contributed by atoms with Crippen LogP contribution in [0, 0.1) is 0 Å². The molecular formula is C6H16NNaO6S. The maximum Gasteiger partial charge on any atom is 1.00 e. The van der Waals surface area contributed by atoms with Gasteiger partial charge in [-0.3, -0.25) is 4.55 Å². The van der Waals surface area contributed by atoms with Gasteiger partial charge in [0.1, 0.15) is 0 Å². The van der Waals surface area contributed by atoms with Gasteiger partial charge in [0.25, 0.3) is 10.1 Å². The standard InChI is InChI=1S/C6H15NO6S.Na.H/c8-3-6(4-9,5-10)7-1-2-14(11,12)13;;/h7-10H,1-5H2,(H,11,12,13);;/q;+1;-1. The number of nitrogens with one attached hydrogen (secondary N) is 1. The molecule has 0 bridgehead atoms. The molecule has 0 aliphatic heterocycles. The Balaban J connectivity index is -0.000000845. The van der Waals surface area contributed by atoms with Crippen LogP contribution in [0.3, 0.4) is 0 Å². The normalized spacial score (nSPS) is 12.3. The first-order chi connectivity index (χ1) is 6.39. The first-order valence-corrected chi connectivity index (χ1v) is 5.53. The largest absolute Gasteiger partial charge is 1.00 e. The van der Waals surface area contributed by atoms with E-state index in [2.05, 4.69) is 5.32 Å². The zero-order chi connectivity index (χ0) is 11.2. The SMILES string of the molecule is O=S(=O)(O)CCNC(CO)(CO)CO.[H-].[Na+]. The van der Waals surface area contributed by atoms with Gasteiger partial charge in [-0.05, 0) is 0 Å². The van der Waals surface area contributed by atoms with Gasteiger partial charge in [0.2, 0.25) is 0 Å². The van der Waals surface area contributed by atoms with Gasteiger partial charge in [0.15, 0.2) is 0 Å². The second-order valence-electron chi connectivity index (χ2n) is 2.97. The minimum absolute atomic E-state index is 0.